The third-order valence-electron chi connectivity index (χ3n) is 4.14. The van der Waals surface area contributed by atoms with Crippen LogP contribution >= 0.6 is 0 Å². The van der Waals surface area contributed by atoms with Crippen molar-refractivity contribution in [1.29, 1.82) is 0 Å². The van der Waals surface area contributed by atoms with Crippen LogP contribution in [0.5, 0.6) is 0 Å². The lowest BCUT2D eigenvalue weighted by molar-refractivity contribution is 0.0220. The number of nitrogens with zero attached hydrogens (tertiary/aromatic N) is 1. The zero-order valence-electron chi connectivity index (χ0n) is 11.3. The lowest BCUT2D eigenvalue weighted by atomic mass is 9.91. The van der Waals surface area contributed by atoms with E-state index < -0.39 is 0 Å². The Morgan fingerprint density at radius 2 is 1.81 bits per heavy atom. The minimum absolute atomic E-state index is 0.117. The van der Waals surface area contributed by atoms with Crippen molar-refractivity contribution in [3.63, 3.8) is 0 Å². The summed E-state index contributed by atoms with van der Waals surface area (Å²) in [6.45, 7) is 9.04. The number of rotatable bonds is 6. The molecular weight excluding hydrogens is 198 g/mol. The van der Waals surface area contributed by atoms with Gasteiger partial charge >= 0.3 is 0 Å². The minimum Gasteiger partial charge on any atom is -0.391 e. The quantitative estimate of drug-likeness (QED) is 0.754. The van der Waals surface area contributed by atoms with E-state index >= 15 is 0 Å². The standard InChI is InChI=1S/C14H29NO/c1-4-7-14(16)13(6-3)15-10-8-12(5-2)9-11-15/h12-14,16H,4-11H2,1-3H3. The van der Waals surface area contributed by atoms with E-state index in [1.54, 1.807) is 0 Å². The smallest absolute Gasteiger partial charge is 0.0695 e. The molecule has 0 aliphatic carbocycles. The summed E-state index contributed by atoms with van der Waals surface area (Å²) in [7, 11) is 0. The average Bonchev–Trinajstić information content (AvgIpc) is 2.31. The molecule has 2 nitrogen and oxygen atoms in total. The Labute approximate surface area is 101 Å². The van der Waals surface area contributed by atoms with Crippen LogP contribution in [0.4, 0.5) is 0 Å². The third-order valence-corrected chi connectivity index (χ3v) is 4.14. The van der Waals surface area contributed by atoms with E-state index in [4.69, 9.17) is 0 Å². The van der Waals surface area contributed by atoms with Gasteiger partial charge in [0.1, 0.15) is 0 Å². The second-order valence-corrected chi connectivity index (χ2v) is 5.22. The molecule has 0 radical (unpaired) electrons. The summed E-state index contributed by atoms with van der Waals surface area (Å²) >= 11 is 0. The van der Waals surface area contributed by atoms with Gasteiger partial charge in [-0.05, 0) is 44.7 Å². The van der Waals surface area contributed by atoms with Gasteiger partial charge in [0, 0.05) is 6.04 Å². The van der Waals surface area contributed by atoms with Gasteiger partial charge < -0.3 is 5.11 Å². The van der Waals surface area contributed by atoms with Crippen molar-refractivity contribution in [2.75, 3.05) is 13.1 Å². The SMILES string of the molecule is CCCC(O)C(CC)N1CCC(CC)CC1. The summed E-state index contributed by atoms with van der Waals surface area (Å²) in [5, 5.41) is 10.1. The predicted molar refractivity (Wildman–Crippen MR) is 69.6 cm³/mol. The van der Waals surface area contributed by atoms with Crippen LogP contribution in [0, 0.1) is 5.92 Å². The summed E-state index contributed by atoms with van der Waals surface area (Å²) < 4.78 is 0. The topological polar surface area (TPSA) is 23.5 Å². The molecule has 2 atom stereocenters. The van der Waals surface area contributed by atoms with E-state index in [9.17, 15) is 5.11 Å². The van der Waals surface area contributed by atoms with Gasteiger partial charge in [-0.15, -0.1) is 0 Å². The molecule has 0 aromatic heterocycles. The molecule has 2 heteroatoms. The van der Waals surface area contributed by atoms with E-state index in [1.807, 2.05) is 0 Å². The lowest BCUT2D eigenvalue weighted by Crippen LogP contribution is -2.47. The van der Waals surface area contributed by atoms with Crippen molar-refractivity contribution >= 4 is 0 Å². The maximum atomic E-state index is 10.1. The second-order valence-electron chi connectivity index (χ2n) is 5.22. The summed E-state index contributed by atoms with van der Waals surface area (Å²) in [6.07, 6.45) is 6.97. The Balaban J connectivity index is 2.42. The second kappa shape index (κ2) is 7.29. The number of piperidine rings is 1. The zero-order chi connectivity index (χ0) is 12.0. The molecule has 16 heavy (non-hydrogen) atoms. The number of aliphatic hydroxyl groups excluding tert-OH is 1. The van der Waals surface area contributed by atoms with Crippen LogP contribution in [0.3, 0.4) is 0 Å². The molecule has 96 valence electrons. The van der Waals surface area contributed by atoms with Gasteiger partial charge in [0.15, 0.2) is 0 Å². The number of aliphatic hydroxyl groups is 1. The Morgan fingerprint density at radius 1 is 1.19 bits per heavy atom. The molecule has 0 amide bonds. The number of hydrogen-bond donors (Lipinski definition) is 1. The Hall–Kier alpha value is -0.0800. The first-order chi connectivity index (χ1) is 7.72. The van der Waals surface area contributed by atoms with Crippen molar-refractivity contribution in [1.82, 2.24) is 4.90 Å². The molecule has 1 aliphatic heterocycles. The molecule has 1 rings (SSSR count). The van der Waals surface area contributed by atoms with Crippen LogP contribution < -0.4 is 0 Å². The Kier molecular flexibility index (Phi) is 6.37. The van der Waals surface area contributed by atoms with Crippen molar-refractivity contribution in [3.8, 4) is 0 Å². The molecular formula is C14H29NO. The fraction of sp³-hybridized carbons (Fsp3) is 1.00. The van der Waals surface area contributed by atoms with E-state index in [-0.39, 0.29) is 6.10 Å². The van der Waals surface area contributed by atoms with Crippen molar-refractivity contribution in [2.24, 2.45) is 5.92 Å². The van der Waals surface area contributed by atoms with Gasteiger partial charge in [-0.2, -0.15) is 0 Å². The predicted octanol–water partition coefficient (Wildman–Crippen LogP) is 3.05. The van der Waals surface area contributed by atoms with Gasteiger partial charge in [-0.25, -0.2) is 0 Å². The van der Waals surface area contributed by atoms with E-state index in [2.05, 4.69) is 25.7 Å². The van der Waals surface area contributed by atoms with Crippen LogP contribution in [-0.2, 0) is 0 Å². The molecule has 1 fully saturated rings. The first kappa shape index (κ1) is 14.0. The molecule has 0 aromatic carbocycles. The maximum Gasteiger partial charge on any atom is 0.0695 e. The molecule has 0 spiro atoms. The molecule has 0 aromatic rings. The third kappa shape index (κ3) is 3.74. The number of hydrogen-bond acceptors (Lipinski definition) is 2. The average molecular weight is 227 g/mol. The molecule has 2 unspecified atom stereocenters. The van der Waals surface area contributed by atoms with Gasteiger partial charge in [-0.3, -0.25) is 4.90 Å². The van der Waals surface area contributed by atoms with Crippen molar-refractivity contribution in [2.45, 2.75) is 71.4 Å². The van der Waals surface area contributed by atoms with Gasteiger partial charge in [-0.1, -0.05) is 33.6 Å². The van der Waals surface area contributed by atoms with Crippen LogP contribution in [0.15, 0.2) is 0 Å². The molecule has 1 N–H and O–H groups in total. The fourth-order valence-corrected chi connectivity index (χ4v) is 2.95. The first-order valence-corrected chi connectivity index (χ1v) is 7.14. The highest BCUT2D eigenvalue weighted by molar-refractivity contribution is 4.82. The van der Waals surface area contributed by atoms with Gasteiger partial charge in [0.2, 0.25) is 0 Å². The molecule has 1 heterocycles. The molecule has 0 bridgehead atoms. The van der Waals surface area contributed by atoms with Crippen LogP contribution in [0.25, 0.3) is 0 Å². The maximum absolute atomic E-state index is 10.1. The van der Waals surface area contributed by atoms with Gasteiger partial charge in [0.25, 0.3) is 0 Å². The van der Waals surface area contributed by atoms with E-state index in [1.165, 1.54) is 32.4 Å². The minimum atomic E-state index is -0.117. The zero-order valence-corrected chi connectivity index (χ0v) is 11.3. The summed E-state index contributed by atoms with van der Waals surface area (Å²) in [5.74, 6) is 0.928. The largest absolute Gasteiger partial charge is 0.391 e. The van der Waals surface area contributed by atoms with E-state index in [0.29, 0.717) is 6.04 Å². The first-order valence-electron chi connectivity index (χ1n) is 7.14. The molecule has 0 saturated carbocycles. The molecule has 1 aliphatic rings. The summed E-state index contributed by atoms with van der Waals surface area (Å²) in [6, 6.07) is 0.401. The Morgan fingerprint density at radius 3 is 2.25 bits per heavy atom. The highest BCUT2D eigenvalue weighted by Crippen LogP contribution is 2.24. The van der Waals surface area contributed by atoms with Crippen LogP contribution in [0.2, 0.25) is 0 Å². The summed E-state index contributed by atoms with van der Waals surface area (Å²) in [4.78, 5) is 2.52. The van der Waals surface area contributed by atoms with Crippen molar-refractivity contribution in [3.05, 3.63) is 0 Å². The monoisotopic (exact) mass is 227 g/mol. The van der Waals surface area contributed by atoms with E-state index in [0.717, 1.165) is 25.2 Å². The molecule has 1 saturated heterocycles. The highest BCUT2D eigenvalue weighted by atomic mass is 16.3. The van der Waals surface area contributed by atoms with Crippen LogP contribution in [0.1, 0.15) is 59.3 Å². The van der Waals surface area contributed by atoms with Crippen LogP contribution in [-0.4, -0.2) is 35.2 Å². The highest BCUT2D eigenvalue weighted by Gasteiger charge is 2.27. The number of likely N-dealkylation sites (tertiary alicyclic amines) is 1. The van der Waals surface area contributed by atoms with Crippen molar-refractivity contribution < 1.29 is 5.11 Å². The normalized spacial score (nSPS) is 23.2. The summed E-state index contributed by atoms with van der Waals surface area (Å²) in [5.41, 5.74) is 0. The Bertz CT molecular complexity index is 176. The fourth-order valence-electron chi connectivity index (χ4n) is 2.95. The lowest BCUT2D eigenvalue weighted by Gasteiger charge is -2.39. The van der Waals surface area contributed by atoms with Gasteiger partial charge in [0.05, 0.1) is 6.10 Å².